The summed E-state index contributed by atoms with van der Waals surface area (Å²) >= 11 is 0. The average Bonchev–Trinajstić information content (AvgIpc) is 3.21. The fraction of sp³-hybridized carbons (Fsp3) is 0.615. The summed E-state index contributed by atoms with van der Waals surface area (Å²) < 4.78 is 16.3. The summed E-state index contributed by atoms with van der Waals surface area (Å²) in [6, 6.07) is 7.96. The molecule has 0 spiro atoms. The number of carbonyl (C=O) groups is 2. The van der Waals surface area contributed by atoms with Gasteiger partial charge in [-0.05, 0) is 30.9 Å². The molecule has 0 aliphatic heterocycles. The molecule has 3 rings (SSSR count). The Morgan fingerprint density at radius 1 is 1.09 bits per heavy atom. The molecule has 0 atom stereocenters. The second kappa shape index (κ2) is 13.9. The van der Waals surface area contributed by atoms with Crippen LogP contribution in [0.15, 0.2) is 28.8 Å². The minimum atomic E-state index is -0.579. The van der Waals surface area contributed by atoms with Crippen molar-refractivity contribution in [1.82, 2.24) is 20.8 Å². The maximum Gasteiger partial charge on any atom is 0.227 e. The van der Waals surface area contributed by atoms with E-state index in [0.717, 1.165) is 49.7 Å². The number of ether oxygens (including phenoxy) is 2. The maximum absolute atomic E-state index is 12.4. The van der Waals surface area contributed by atoms with Crippen molar-refractivity contribution in [3.8, 4) is 0 Å². The normalized spacial score (nSPS) is 15.4. The fourth-order valence-corrected chi connectivity index (χ4v) is 4.42. The summed E-state index contributed by atoms with van der Waals surface area (Å²) in [6.45, 7) is 6.24. The molecule has 0 saturated heterocycles. The van der Waals surface area contributed by atoms with Crippen molar-refractivity contribution in [1.29, 1.82) is 0 Å². The van der Waals surface area contributed by atoms with Crippen LogP contribution >= 0.6 is 0 Å². The molecule has 192 valence electrons. The van der Waals surface area contributed by atoms with Crippen LogP contribution in [-0.2, 0) is 44.2 Å². The third-order valence-electron chi connectivity index (χ3n) is 6.16. The zero-order valence-electron chi connectivity index (χ0n) is 20.9. The van der Waals surface area contributed by atoms with Gasteiger partial charge in [0.1, 0.15) is 5.54 Å². The number of hydrogen-bond donors (Lipinski definition) is 2. The molecule has 1 aliphatic rings. The Balaban J connectivity index is 1.46. The average molecular weight is 487 g/mol. The van der Waals surface area contributed by atoms with Crippen LogP contribution < -0.4 is 10.6 Å². The van der Waals surface area contributed by atoms with Crippen LogP contribution in [-0.4, -0.2) is 41.8 Å². The van der Waals surface area contributed by atoms with Crippen LogP contribution in [0.3, 0.4) is 0 Å². The lowest BCUT2D eigenvalue weighted by atomic mass is 9.89. The van der Waals surface area contributed by atoms with Gasteiger partial charge >= 0.3 is 0 Å². The van der Waals surface area contributed by atoms with E-state index in [1.807, 2.05) is 31.2 Å². The molecule has 35 heavy (non-hydrogen) atoms. The Hall–Kier alpha value is -2.78. The third kappa shape index (κ3) is 8.74. The predicted molar refractivity (Wildman–Crippen MR) is 130 cm³/mol. The van der Waals surface area contributed by atoms with Crippen molar-refractivity contribution in [2.24, 2.45) is 0 Å². The number of rotatable bonds is 13. The smallest absolute Gasteiger partial charge is 0.227 e. The molecule has 0 radical (unpaired) electrons. The molecule has 0 bridgehead atoms. The van der Waals surface area contributed by atoms with Gasteiger partial charge in [0.05, 0.1) is 19.8 Å². The first-order valence-electron chi connectivity index (χ1n) is 12.6. The summed E-state index contributed by atoms with van der Waals surface area (Å²) in [7, 11) is 0. The SMILES string of the molecule is CCOCCOCc1cccc(CNC(=O)CCc2nc(C3(NC(C)=O)CCCCCC3)no2)c1. The summed E-state index contributed by atoms with van der Waals surface area (Å²) in [5, 5.41) is 10.2. The molecule has 1 fully saturated rings. The third-order valence-corrected chi connectivity index (χ3v) is 6.16. The maximum atomic E-state index is 12.4. The van der Waals surface area contributed by atoms with Gasteiger partial charge in [-0.2, -0.15) is 4.98 Å². The molecule has 1 aliphatic carbocycles. The zero-order chi connectivity index (χ0) is 24.9. The first-order chi connectivity index (χ1) is 17.0. The van der Waals surface area contributed by atoms with Gasteiger partial charge in [0, 0.05) is 32.9 Å². The Kier molecular flexibility index (Phi) is 10.7. The lowest BCUT2D eigenvalue weighted by molar-refractivity contribution is -0.122. The van der Waals surface area contributed by atoms with Crippen LogP contribution in [0, 0.1) is 0 Å². The highest BCUT2D eigenvalue weighted by atomic mass is 16.5. The second-order valence-electron chi connectivity index (χ2n) is 9.04. The van der Waals surface area contributed by atoms with Gasteiger partial charge in [0.15, 0.2) is 5.82 Å². The van der Waals surface area contributed by atoms with Gasteiger partial charge in [0.25, 0.3) is 0 Å². The van der Waals surface area contributed by atoms with E-state index in [9.17, 15) is 9.59 Å². The molecular formula is C26H38N4O5. The van der Waals surface area contributed by atoms with Crippen LogP contribution in [0.5, 0.6) is 0 Å². The predicted octanol–water partition coefficient (Wildman–Crippen LogP) is 3.56. The van der Waals surface area contributed by atoms with Gasteiger partial charge in [-0.15, -0.1) is 0 Å². The first kappa shape index (κ1) is 26.8. The molecular weight excluding hydrogens is 448 g/mol. The number of benzene rings is 1. The van der Waals surface area contributed by atoms with E-state index >= 15 is 0 Å². The summed E-state index contributed by atoms with van der Waals surface area (Å²) in [5.74, 6) is 0.744. The van der Waals surface area contributed by atoms with Gasteiger partial charge in [-0.3, -0.25) is 9.59 Å². The Bertz CT molecular complexity index is 937. The largest absolute Gasteiger partial charge is 0.379 e. The van der Waals surface area contributed by atoms with E-state index in [2.05, 4.69) is 20.8 Å². The number of aryl methyl sites for hydroxylation is 1. The number of hydrogen-bond acceptors (Lipinski definition) is 7. The van der Waals surface area contributed by atoms with Crippen molar-refractivity contribution in [3.63, 3.8) is 0 Å². The van der Waals surface area contributed by atoms with Crippen molar-refractivity contribution in [2.75, 3.05) is 19.8 Å². The van der Waals surface area contributed by atoms with Crippen LogP contribution in [0.25, 0.3) is 0 Å². The molecule has 1 heterocycles. The van der Waals surface area contributed by atoms with Gasteiger partial charge in [0.2, 0.25) is 17.7 Å². The second-order valence-corrected chi connectivity index (χ2v) is 9.04. The highest BCUT2D eigenvalue weighted by Gasteiger charge is 2.38. The number of nitrogens with zero attached hydrogens (tertiary/aromatic N) is 2. The molecule has 0 unspecified atom stereocenters. The summed E-state index contributed by atoms with van der Waals surface area (Å²) in [4.78, 5) is 28.8. The topological polar surface area (TPSA) is 116 Å². The zero-order valence-corrected chi connectivity index (χ0v) is 20.9. The van der Waals surface area contributed by atoms with E-state index < -0.39 is 5.54 Å². The van der Waals surface area contributed by atoms with Crippen molar-refractivity contribution < 1.29 is 23.6 Å². The van der Waals surface area contributed by atoms with E-state index in [4.69, 9.17) is 14.0 Å². The molecule has 1 saturated carbocycles. The minimum absolute atomic E-state index is 0.0887. The Morgan fingerprint density at radius 2 is 1.83 bits per heavy atom. The monoisotopic (exact) mass is 486 g/mol. The summed E-state index contributed by atoms with van der Waals surface area (Å²) in [5.41, 5.74) is 1.48. The Labute approximate surface area is 207 Å². The molecule has 1 aromatic carbocycles. The van der Waals surface area contributed by atoms with Crippen LogP contribution in [0.1, 0.15) is 81.6 Å². The van der Waals surface area contributed by atoms with E-state index in [-0.39, 0.29) is 18.2 Å². The lowest BCUT2D eigenvalue weighted by Gasteiger charge is -2.30. The number of aromatic nitrogens is 2. The lowest BCUT2D eigenvalue weighted by Crippen LogP contribution is -2.45. The van der Waals surface area contributed by atoms with Gasteiger partial charge < -0.3 is 24.6 Å². The molecule has 2 amide bonds. The Morgan fingerprint density at radius 3 is 2.57 bits per heavy atom. The van der Waals surface area contributed by atoms with E-state index in [1.54, 1.807) is 0 Å². The summed E-state index contributed by atoms with van der Waals surface area (Å²) in [6.07, 6.45) is 6.47. The first-order valence-corrected chi connectivity index (χ1v) is 12.6. The van der Waals surface area contributed by atoms with Gasteiger partial charge in [-0.1, -0.05) is 55.1 Å². The standard InChI is InChI=1S/C26H38N4O5/c1-3-33-15-16-34-19-22-10-8-9-21(17-22)18-27-23(32)11-12-24-28-25(30-35-24)26(29-20(2)31)13-6-4-5-7-14-26/h8-10,17H,3-7,11-16,18-19H2,1-2H3,(H,27,32)(H,29,31). The van der Waals surface area contributed by atoms with E-state index in [1.165, 1.54) is 6.92 Å². The van der Waals surface area contributed by atoms with Crippen molar-refractivity contribution in [3.05, 3.63) is 47.1 Å². The number of amides is 2. The van der Waals surface area contributed by atoms with Crippen molar-refractivity contribution in [2.45, 2.75) is 83.9 Å². The highest BCUT2D eigenvalue weighted by molar-refractivity contribution is 5.76. The van der Waals surface area contributed by atoms with Crippen LogP contribution in [0.4, 0.5) is 0 Å². The molecule has 2 aromatic rings. The number of carbonyl (C=O) groups excluding carboxylic acids is 2. The van der Waals surface area contributed by atoms with Crippen LogP contribution in [0.2, 0.25) is 0 Å². The van der Waals surface area contributed by atoms with Gasteiger partial charge in [-0.25, -0.2) is 0 Å². The number of nitrogens with one attached hydrogen (secondary N) is 2. The molecule has 1 aromatic heterocycles. The molecule has 9 nitrogen and oxygen atoms in total. The molecule has 9 heteroatoms. The highest BCUT2D eigenvalue weighted by Crippen LogP contribution is 2.34. The van der Waals surface area contributed by atoms with E-state index in [0.29, 0.717) is 51.1 Å². The fourth-order valence-electron chi connectivity index (χ4n) is 4.42. The quantitative estimate of drug-likeness (QED) is 0.328. The van der Waals surface area contributed by atoms with Crippen molar-refractivity contribution >= 4 is 11.8 Å². The minimum Gasteiger partial charge on any atom is -0.379 e. The molecule has 2 N–H and O–H groups in total.